The van der Waals surface area contributed by atoms with E-state index in [2.05, 4.69) is 4.90 Å². The van der Waals surface area contributed by atoms with Gasteiger partial charge in [-0.1, -0.05) is 0 Å². The summed E-state index contributed by atoms with van der Waals surface area (Å²) in [5.41, 5.74) is 0. The first kappa shape index (κ1) is 11.3. The zero-order valence-electron chi connectivity index (χ0n) is 9.23. The van der Waals surface area contributed by atoms with Crippen molar-refractivity contribution in [1.29, 1.82) is 0 Å². The van der Waals surface area contributed by atoms with Crippen LogP contribution in [-0.2, 0) is 9.47 Å². The van der Waals surface area contributed by atoms with Crippen molar-refractivity contribution in [2.75, 3.05) is 32.9 Å². The van der Waals surface area contributed by atoms with Crippen molar-refractivity contribution >= 4 is 0 Å². The zero-order valence-corrected chi connectivity index (χ0v) is 9.23. The Labute approximate surface area is 91.2 Å². The number of rotatable bonds is 4. The summed E-state index contributed by atoms with van der Waals surface area (Å²) in [6.07, 6.45) is 4.26. The molecule has 1 unspecified atom stereocenters. The minimum Gasteiger partial charge on any atom is -0.395 e. The molecule has 15 heavy (non-hydrogen) atoms. The molecule has 2 saturated heterocycles. The van der Waals surface area contributed by atoms with E-state index >= 15 is 0 Å². The maximum absolute atomic E-state index is 9.17. The molecule has 0 aromatic rings. The van der Waals surface area contributed by atoms with Gasteiger partial charge in [0, 0.05) is 19.0 Å². The summed E-state index contributed by atoms with van der Waals surface area (Å²) in [5.74, 6) is 0. The third-order valence-corrected chi connectivity index (χ3v) is 3.26. The first-order valence-electron chi connectivity index (χ1n) is 5.98. The van der Waals surface area contributed by atoms with Gasteiger partial charge in [-0.05, 0) is 25.8 Å². The van der Waals surface area contributed by atoms with Crippen LogP contribution in [0.1, 0.15) is 25.7 Å². The molecule has 0 aromatic carbocycles. The Bertz CT molecular complexity index is 183. The fraction of sp³-hybridized carbons (Fsp3) is 1.00. The Balaban J connectivity index is 1.67. The van der Waals surface area contributed by atoms with Gasteiger partial charge in [0.05, 0.1) is 19.8 Å². The second-order valence-corrected chi connectivity index (χ2v) is 4.33. The van der Waals surface area contributed by atoms with E-state index in [-0.39, 0.29) is 12.9 Å². The van der Waals surface area contributed by atoms with Crippen molar-refractivity contribution in [3.8, 4) is 0 Å². The summed E-state index contributed by atoms with van der Waals surface area (Å²) in [4.78, 5) is 2.35. The molecule has 2 aliphatic rings. The van der Waals surface area contributed by atoms with E-state index in [0.717, 1.165) is 45.6 Å². The van der Waals surface area contributed by atoms with E-state index < -0.39 is 0 Å². The summed E-state index contributed by atoms with van der Waals surface area (Å²) in [7, 11) is 0. The third kappa shape index (κ3) is 3.14. The number of likely N-dealkylation sites (tertiary alicyclic amines) is 1. The standard InChI is InChI=1S/C11H21NO3/c13-9-10-3-1-5-12(10)6-4-11-14-7-2-8-15-11/h10-11,13H,1-9H2. The van der Waals surface area contributed by atoms with Crippen LogP contribution >= 0.6 is 0 Å². The molecule has 2 heterocycles. The van der Waals surface area contributed by atoms with E-state index in [0.29, 0.717) is 6.04 Å². The Morgan fingerprint density at radius 3 is 2.73 bits per heavy atom. The highest BCUT2D eigenvalue weighted by Gasteiger charge is 2.24. The monoisotopic (exact) mass is 215 g/mol. The lowest BCUT2D eigenvalue weighted by molar-refractivity contribution is -0.182. The van der Waals surface area contributed by atoms with Crippen molar-refractivity contribution in [2.24, 2.45) is 0 Å². The predicted octanol–water partition coefficient (Wildman–Crippen LogP) is 0.596. The highest BCUT2D eigenvalue weighted by atomic mass is 16.7. The lowest BCUT2D eigenvalue weighted by Gasteiger charge is -2.27. The lowest BCUT2D eigenvalue weighted by Crippen LogP contribution is -2.36. The topological polar surface area (TPSA) is 41.9 Å². The molecule has 2 aliphatic heterocycles. The van der Waals surface area contributed by atoms with Crippen molar-refractivity contribution in [2.45, 2.75) is 38.0 Å². The fourth-order valence-electron chi connectivity index (χ4n) is 2.37. The van der Waals surface area contributed by atoms with E-state index in [1.807, 2.05) is 0 Å². The van der Waals surface area contributed by atoms with Gasteiger partial charge in [0.25, 0.3) is 0 Å². The van der Waals surface area contributed by atoms with Crippen molar-refractivity contribution in [3.63, 3.8) is 0 Å². The van der Waals surface area contributed by atoms with Crippen LogP contribution in [0, 0.1) is 0 Å². The molecule has 0 saturated carbocycles. The zero-order chi connectivity index (χ0) is 10.5. The Kier molecular flexibility index (Phi) is 4.38. The van der Waals surface area contributed by atoms with E-state index in [1.54, 1.807) is 0 Å². The normalized spacial score (nSPS) is 29.8. The minimum atomic E-state index is -0.0151. The van der Waals surface area contributed by atoms with Gasteiger partial charge in [-0.3, -0.25) is 4.90 Å². The number of hydrogen-bond donors (Lipinski definition) is 1. The van der Waals surface area contributed by atoms with Crippen LogP contribution in [-0.4, -0.2) is 55.2 Å². The first-order valence-corrected chi connectivity index (χ1v) is 5.98. The third-order valence-electron chi connectivity index (χ3n) is 3.26. The number of aliphatic hydroxyl groups is 1. The van der Waals surface area contributed by atoms with Crippen molar-refractivity contribution in [3.05, 3.63) is 0 Å². The van der Waals surface area contributed by atoms with Gasteiger partial charge in [-0.15, -0.1) is 0 Å². The van der Waals surface area contributed by atoms with Crippen molar-refractivity contribution in [1.82, 2.24) is 4.90 Å². The van der Waals surface area contributed by atoms with Crippen LogP contribution in [0.2, 0.25) is 0 Å². The molecule has 1 N–H and O–H groups in total. The predicted molar refractivity (Wildman–Crippen MR) is 56.6 cm³/mol. The van der Waals surface area contributed by atoms with Crippen LogP contribution in [0.5, 0.6) is 0 Å². The molecular formula is C11H21NO3. The average Bonchev–Trinajstić information content (AvgIpc) is 2.75. The Hall–Kier alpha value is -0.160. The highest BCUT2D eigenvalue weighted by Crippen LogP contribution is 2.18. The summed E-state index contributed by atoms with van der Waals surface area (Å²) in [6, 6.07) is 0.369. The maximum Gasteiger partial charge on any atom is 0.158 e. The van der Waals surface area contributed by atoms with Gasteiger partial charge < -0.3 is 14.6 Å². The fourth-order valence-corrected chi connectivity index (χ4v) is 2.37. The molecule has 2 fully saturated rings. The maximum atomic E-state index is 9.17. The molecule has 0 aromatic heterocycles. The average molecular weight is 215 g/mol. The number of hydrogen-bond acceptors (Lipinski definition) is 4. The van der Waals surface area contributed by atoms with Crippen LogP contribution in [0.15, 0.2) is 0 Å². The summed E-state index contributed by atoms with van der Waals surface area (Å²) < 4.78 is 11.0. The smallest absolute Gasteiger partial charge is 0.158 e. The number of ether oxygens (including phenoxy) is 2. The molecule has 1 atom stereocenters. The number of nitrogens with zero attached hydrogens (tertiary/aromatic N) is 1. The molecule has 0 bridgehead atoms. The van der Waals surface area contributed by atoms with Gasteiger partial charge in [-0.25, -0.2) is 0 Å². The van der Waals surface area contributed by atoms with Gasteiger partial charge in [0.1, 0.15) is 0 Å². The molecule has 0 amide bonds. The number of aliphatic hydroxyl groups excluding tert-OH is 1. The second kappa shape index (κ2) is 5.80. The quantitative estimate of drug-likeness (QED) is 0.745. The molecule has 4 nitrogen and oxygen atoms in total. The van der Waals surface area contributed by atoms with Gasteiger partial charge in [0.15, 0.2) is 6.29 Å². The summed E-state index contributed by atoms with van der Waals surface area (Å²) >= 11 is 0. The highest BCUT2D eigenvalue weighted by molar-refractivity contribution is 4.78. The molecule has 88 valence electrons. The Morgan fingerprint density at radius 2 is 2.00 bits per heavy atom. The van der Waals surface area contributed by atoms with E-state index in [9.17, 15) is 0 Å². The summed E-state index contributed by atoms with van der Waals surface area (Å²) in [6.45, 7) is 4.03. The molecule has 0 spiro atoms. The lowest BCUT2D eigenvalue weighted by atomic mass is 10.2. The Morgan fingerprint density at radius 1 is 1.20 bits per heavy atom. The summed E-state index contributed by atoms with van der Waals surface area (Å²) in [5, 5.41) is 9.17. The van der Waals surface area contributed by atoms with Gasteiger partial charge >= 0.3 is 0 Å². The second-order valence-electron chi connectivity index (χ2n) is 4.33. The van der Waals surface area contributed by atoms with Crippen LogP contribution in [0.25, 0.3) is 0 Å². The van der Waals surface area contributed by atoms with Gasteiger partial charge in [0.2, 0.25) is 0 Å². The SMILES string of the molecule is OCC1CCCN1CCC1OCCCO1. The largest absolute Gasteiger partial charge is 0.395 e. The van der Waals surface area contributed by atoms with Crippen LogP contribution in [0.4, 0.5) is 0 Å². The van der Waals surface area contributed by atoms with E-state index in [1.165, 1.54) is 6.42 Å². The molecular weight excluding hydrogens is 194 g/mol. The van der Waals surface area contributed by atoms with Gasteiger partial charge in [-0.2, -0.15) is 0 Å². The molecule has 4 heteroatoms. The minimum absolute atomic E-state index is 0.0151. The molecule has 0 radical (unpaired) electrons. The van der Waals surface area contributed by atoms with Crippen molar-refractivity contribution < 1.29 is 14.6 Å². The molecule has 0 aliphatic carbocycles. The van der Waals surface area contributed by atoms with E-state index in [4.69, 9.17) is 14.6 Å². The molecule has 2 rings (SSSR count). The van der Waals surface area contributed by atoms with Crippen LogP contribution in [0.3, 0.4) is 0 Å². The first-order chi connectivity index (χ1) is 7.40. The van der Waals surface area contributed by atoms with Crippen LogP contribution < -0.4 is 0 Å².